The molecule has 0 saturated heterocycles. The minimum atomic E-state index is -0.129. The van der Waals surface area contributed by atoms with E-state index in [1.165, 1.54) is 4.91 Å². The van der Waals surface area contributed by atoms with Gasteiger partial charge < -0.3 is 5.11 Å². The highest BCUT2D eigenvalue weighted by Crippen LogP contribution is 2.18. The van der Waals surface area contributed by atoms with Gasteiger partial charge >= 0.3 is 0 Å². The molecule has 92 valence electrons. The average molecular weight is 240 g/mol. The van der Waals surface area contributed by atoms with Crippen molar-refractivity contribution in [3.63, 3.8) is 0 Å². The normalized spacial score (nSPS) is 12.9. The van der Waals surface area contributed by atoms with Gasteiger partial charge in [0.1, 0.15) is 0 Å². The maximum atomic E-state index is 9.32. The Morgan fingerprint density at radius 1 is 1.50 bits per heavy atom. The third kappa shape index (κ3) is 13.4. The zero-order chi connectivity index (χ0) is 12.8. The SMILES string of the molecule is C#CC.C/C=C\C(=C/C)SCC[C@H](O)CC. The Balaban J connectivity index is 0. The summed E-state index contributed by atoms with van der Waals surface area (Å²) < 4.78 is 0. The number of allylic oxidation sites excluding steroid dienone is 3. The maximum Gasteiger partial charge on any atom is 0.0545 e. The van der Waals surface area contributed by atoms with E-state index in [0.29, 0.717) is 0 Å². The first-order valence-electron chi connectivity index (χ1n) is 5.63. The molecule has 0 aromatic heterocycles. The number of hydrogen-bond donors (Lipinski definition) is 1. The minimum Gasteiger partial charge on any atom is -0.393 e. The van der Waals surface area contributed by atoms with Crippen molar-refractivity contribution in [2.45, 2.75) is 46.6 Å². The molecule has 0 saturated carbocycles. The van der Waals surface area contributed by atoms with Gasteiger partial charge in [0.2, 0.25) is 0 Å². The standard InChI is InChI=1S/C11H20OS.C3H4/c1-4-7-11(6-3)13-9-8-10(12)5-2;1-3-2/h4,6-7,10,12H,5,8-9H2,1-3H3;1H,2H3/b7-4-,11-6+;/t10-;/m1./s1. The Hall–Kier alpha value is -0.650. The molecule has 0 amide bonds. The van der Waals surface area contributed by atoms with Crippen LogP contribution in [0.4, 0.5) is 0 Å². The Morgan fingerprint density at radius 2 is 2.06 bits per heavy atom. The van der Waals surface area contributed by atoms with Gasteiger partial charge in [0.05, 0.1) is 6.10 Å². The van der Waals surface area contributed by atoms with E-state index in [2.05, 4.69) is 24.5 Å². The number of thioether (sulfide) groups is 1. The van der Waals surface area contributed by atoms with Crippen LogP contribution in [0.3, 0.4) is 0 Å². The number of rotatable bonds is 6. The van der Waals surface area contributed by atoms with Crippen LogP contribution in [0, 0.1) is 12.3 Å². The van der Waals surface area contributed by atoms with E-state index in [4.69, 9.17) is 0 Å². The molecule has 0 bridgehead atoms. The predicted octanol–water partition coefficient (Wildman–Crippen LogP) is 4.00. The fraction of sp³-hybridized carbons (Fsp3) is 0.571. The molecule has 0 aliphatic heterocycles. The fourth-order valence-electron chi connectivity index (χ4n) is 0.909. The zero-order valence-corrected chi connectivity index (χ0v) is 11.7. The second-order valence-corrected chi connectivity index (χ2v) is 4.35. The van der Waals surface area contributed by atoms with E-state index in [1.54, 1.807) is 18.7 Å². The molecule has 1 atom stereocenters. The van der Waals surface area contributed by atoms with Gasteiger partial charge in [-0.2, -0.15) is 0 Å². The second-order valence-electron chi connectivity index (χ2n) is 3.18. The van der Waals surface area contributed by atoms with Gasteiger partial charge in [-0.15, -0.1) is 24.1 Å². The lowest BCUT2D eigenvalue weighted by atomic mass is 10.2. The van der Waals surface area contributed by atoms with Crippen LogP contribution in [0.5, 0.6) is 0 Å². The molecule has 0 fully saturated rings. The molecule has 0 aromatic rings. The molecule has 1 nitrogen and oxygen atoms in total. The Morgan fingerprint density at radius 3 is 2.44 bits per heavy atom. The van der Waals surface area contributed by atoms with Crippen molar-refractivity contribution in [2.75, 3.05) is 5.75 Å². The van der Waals surface area contributed by atoms with E-state index in [0.717, 1.165) is 18.6 Å². The number of aliphatic hydroxyl groups is 1. The molecule has 2 heteroatoms. The largest absolute Gasteiger partial charge is 0.393 e. The molecule has 0 aliphatic rings. The molecular weight excluding hydrogens is 216 g/mol. The highest BCUT2D eigenvalue weighted by Gasteiger charge is 2.00. The number of aliphatic hydroxyl groups excluding tert-OH is 1. The van der Waals surface area contributed by atoms with Crippen molar-refractivity contribution >= 4 is 11.8 Å². The minimum absolute atomic E-state index is 0.129. The lowest BCUT2D eigenvalue weighted by Crippen LogP contribution is -2.04. The summed E-state index contributed by atoms with van der Waals surface area (Å²) in [6.07, 6.45) is 12.5. The molecule has 0 radical (unpaired) electrons. The summed E-state index contributed by atoms with van der Waals surface area (Å²) in [5, 5.41) is 9.32. The van der Waals surface area contributed by atoms with Gasteiger partial charge in [0, 0.05) is 10.7 Å². The quantitative estimate of drug-likeness (QED) is 0.559. The van der Waals surface area contributed by atoms with Gasteiger partial charge in [-0.3, -0.25) is 0 Å². The molecule has 0 spiro atoms. The summed E-state index contributed by atoms with van der Waals surface area (Å²) in [5.74, 6) is 3.25. The van der Waals surface area contributed by atoms with E-state index >= 15 is 0 Å². The number of hydrogen-bond acceptors (Lipinski definition) is 2. The molecule has 0 aliphatic carbocycles. The molecule has 0 rings (SSSR count). The third-order valence-electron chi connectivity index (χ3n) is 1.81. The predicted molar refractivity (Wildman–Crippen MR) is 76.5 cm³/mol. The van der Waals surface area contributed by atoms with Crippen LogP contribution >= 0.6 is 11.8 Å². The molecule has 0 aromatic carbocycles. The van der Waals surface area contributed by atoms with E-state index < -0.39 is 0 Å². The number of terminal acetylenes is 1. The highest BCUT2D eigenvalue weighted by atomic mass is 32.2. The lowest BCUT2D eigenvalue weighted by Gasteiger charge is -2.06. The molecule has 0 heterocycles. The Kier molecular flexibility index (Phi) is 15.9. The van der Waals surface area contributed by atoms with Crippen LogP contribution in [-0.4, -0.2) is 17.0 Å². The Bertz CT molecular complexity index is 236. The molecule has 1 N–H and O–H groups in total. The summed E-state index contributed by atoms with van der Waals surface area (Å²) >= 11 is 1.80. The van der Waals surface area contributed by atoms with Crippen LogP contribution < -0.4 is 0 Å². The first-order chi connectivity index (χ1) is 7.65. The molecule has 16 heavy (non-hydrogen) atoms. The van der Waals surface area contributed by atoms with Crippen molar-refractivity contribution in [3.05, 3.63) is 23.1 Å². The summed E-state index contributed by atoms with van der Waals surface area (Å²) in [5.41, 5.74) is 0. The Labute approximate surface area is 105 Å². The first kappa shape index (κ1) is 17.7. The van der Waals surface area contributed by atoms with Crippen LogP contribution in [0.15, 0.2) is 23.1 Å². The smallest absolute Gasteiger partial charge is 0.0545 e. The molecular formula is C14H24OS. The van der Waals surface area contributed by atoms with Crippen LogP contribution in [0.1, 0.15) is 40.5 Å². The summed E-state index contributed by atoms with van der Waals surface area (Å²) in [6.45, 7) is 7.72. The van der Waals surface area contributed by atoms with Gasteiger partial charge in [0.15, 0.2) is 0 Å². The van der Waals surface area contributed by atoms with Crippen molar-refractivity contribution in [1.82, 2.24) is 0 Å². The van der Waals surface area contributed by atoms with Gasteiger partial charge in [-0.25, -0.2) is 0 Å². The average Bonchev–Trinajstić information content (AvgIpc) is 2.28. The summed E-state index contributed by atoms with van der Waals surface area (Å²) in [4.78, 5) is 1.28. The monoisotopic (exact) mass is 240 g/mol. The maximum absolute atomic E-state index is 9.32. The van der Waals surface area contributed by atoms with Crippen LogP contribution in [0.2, 0.25) is 0 Å². The van der Waals surface area contributed by atoms with E-state index in [9.17, 15) is 5.11 Å². The van der Waals surface area contributed by atoms with Crippen molar-refractivity contribution in [3.8, 4) is 12.3 Å². The summed E-state index contributed by atoms with van der Waals surface area (Å²) in [6, 6.07) is 0. The second kappa shape index (κ2) is 14.3. The van der Waals surface area contributed by atoms with E-state index in [-0.39, 0.29) is 6.10 Å². The van der Waals surface area contributed by atoms with Crippen molar-refractivity contribution < 1.29 is 5.11 Å². The van der Waals surface area contributed by atoms with E-state index in [1.807, 2.05) is 26.8 Å². The van der Waals surface area contributed by atoms with Crippen LogP contribution in [0.25, 0.3) is 0 Å². The van der Waals surface area contributed by atoms with Gasteiger partial charge in [-0.1, -0.05) is 25.2 Å². The zero-order valence-electron chi connectivity index (χ0n) is 10.9. The fourth-order valence-corrected chi connectivity index (χ4v) is 1.93. The highest BCUT2D eigenvalue weighted by molar-refractivity contribution is 8.03. The third-order valence-corrected chi connectivity index (χ3v) is 2.95. The van der Waals surface area contributed by atoms with Gasteiger partial charge in [-0.05, 0) is 33.6 Å². The summed E-state index contributed by atoms with van der Waals surface area (Å²) in [7, 11) is 0. The molecule has 0 unspecified atom stereocenters. The van der Waals surface area contributed by atoms with Crippen LogP contribution in [-0.2, 0) is 0 Å². The topological polar surface area (TPSA) is 20.2 Å². The van der Waals surface area contributed by atoms with Crippen molar-refractivity contribution in [2.24, 2.45) is 0 Å². The van der Waals surface area contributed by atoms with Gasteiger partial charge in [0.25, 0.3) is 0 Å². The lowest BCUT2D eigenvalue weighted by molar-refractivity contribution is 0.167. The van der Waals surface area contributed by atoms with Crippen molar-refractivity contribution in [1.29, 1.82) is 0 Å². The first-order valence-corrected chi connectivity index (χ1v) is 6.61.